The quantitative estimate of drug-likeness (QED) is 0.854. The summed E-state index contributed by atoms with van der Waals surface area (Å²) in [5, 5.41) is 12.2. The maximum absolute atomic E-state index is 10.0. The molecule has 2 rings (SSSR count). The van der Waals surface area contributed by atoms with Gasteiger partial charge in [0.15, 0.2) is 0 Å². The Morgan fingerprint density at radius 3 is 3.06 bits per heavy atom. The third-order valence-corrected chi connectivity index (χ3v) is 2.67. The zero-order valence-electron chi connectivity index (χ0n) is 9.26. The molecule has 1 unspecified atom stereocenters. The number of hydrogen-bond donors (Lipinski definition) is 1. The predicted octanol–water partition coefficient (Wildman–Crippen LogP) is 2.30. The van der Waals surface area contributed by atoms with Crippen LogP contribution in [0.25, 0.3) is 10.8 Å². The summed E-state index contributed by atoms with van der Waals surface area (Å²) in [4.78, 5) is 4.07. The lowest BCUT2D eigenvalue weighted by molar-refractivity contribution is 0.111. The van der Waals surface area contributed by atoms with Gasteiger partial charge in [0, 0.05) is 37.9 Å². The van der Waals surface area contributed by atoms with Gasteiger partial charge in [0.2, 0.25) is 0 Å². The van der Waals surface area contributed by atoms with Crippen LogP contribution >= 0.6 is 0 Å². The van der Waals surface area contributed by atoms with Crippen molar-refractivity contribution in [3.63, 3.8) is 0 Å². The molecule has 0 spiro atoms. The van der Waals surface area contributed by atoms with Crippen molar-refractivity contribution < 1.29 is 9.84 Å². The van der Waals surface area contributed by atoms with Crippen molar-refractivity contribution in [2.45, 2.75) is 12.5 Å². The van der Waals surface area contributed by atoms with Crippen LogP contribution in [0.5, 0.6) is 0 Å². The van der Waals surface area contributed by atoms with Crippen molar-refractivity contribution in [3.05, 3.63) is 42.2 Å². The molecular formula is C13H15NO2. The van der Waals surface area contributed by atoms with Crippen molar-refractivity contribution in [1.82, 2.24) is 4.98 Å². The van der Waals surface area contributed by atoms with E-state index in [1.165, 1.54) is 0 Å². The van der Waals surface area contributed by atoms with Gasteiger partial charge in [-0.2, -0.15) is 0 Å². The molecule has 0 aliphatic carbocycles. The monoisotopic (exact) mass is 217 g/mol. The number of rotatable bonds is 4. The van der Waals surface area contributed by atoms with Crippen LogP contribution in [-0.4, -0.2) is 23.8 Å². The first kappa shape index (κ1) is 11.0. The minimum Gasteiger partial charge on any atom is -0.388 e. The molecule has 84 valence electrons. The third-order valence-electron chi connectivity index (χ3n) is 2.67. The number of aromatic nitrogens is 1. The molecule has 1 aromatic carbocycles. The largest absolute Gasteiger partial charge is 0.388 e. The maximum Gasteiger partial charge on any atom is 0.0818 e. The average Bonchev–Trinajstić information content (AvgIpc) is 2.35. The van der Waals surface area contributed by atoms with Crippen LogP contribution in [0.2, 0.25) is 0 Å². The predicted molar refractivity (Wildman–Crippen MR) is 63.2 cm³/mol. The zero-order chi connectivity index (χ0) is 11.4. The molecule has 3 nitrogen and oxygen atoms in total. The number of aliphatic hydroxyl groups is 1. The number of ether oxygens (including phenoxy) is 1. The van der Waals surface area contributed by atoms with Gasteiger partial charge in [-0.1, -0.05) is 18.2 Å². The fourth-order valence-corrected chi connectivity index (χ4v) is 1.82. The van der Waals surface area contributed by atoms with Crippen molar-refractivity contribution in [2.24, 2.45) is 0 Å². The SMILES string of the molecule is COCCC(O)c1cccc2cnccc12. The number of benzene rings is 1. The van der Waals surface area contributed by atoms with Crippen molar-refractivity contribution in [2.75, 3.05) is 13.7 Å². The van der Waals surface area contributed by atoms with Crippen LogP contribution in [0.3, 0.4) is 0 Å². The Kier molecular flexibility index (Phi) is 3.49. The molecule has 0 amide bonds. The minimum absolute atomic E-state index is 0.481. The number of fused-ring (bicyclic) bond motifs is 1. The van der Waals surface area contributed by atoms with Crippen LogP contribution in [-0.2, 0) is 4.74 Å². The van der Waals surface area contributed by atoms with E-state index in [1.54, 1.807) is 13.3 Å². The first-order valence-electron chi connectivity index (χ1n) is 5.32. The van der Waals surface area contributed by atoms with Crippen molar-refractivity contribution in [3.8, 4) is 0 Å². The Labute approximate surface area is 94.7 Å². The van der Waals surface area contributed by atoms with Crippen LogP contribution in [0.4, 0.5) is 0 Å². The Morgan fingerprint density at radius 1 is 1.38 bits per heavy atom. The minimum atomic E-state index is -0.481. The van der Waals surface area contributed by atoms with Gasteiger partial charge >= 0.3 is 0 Å². The molecule has 16 heavy (non-hydrogen) atoms. The van der Waals surface area contributed by atoms with Crippen molar-refractivity contribution >= 4 is 10.8 Å². The zero-order valence-corrected chi connectivity index (χ0v) is 9.26. The lowest BCUT2D eigenvalue weighted by Crippen LogP contribution is -2.02. The second-order valence-electron chi connectivity index (χ2n) is 3.74. The van der Waals surface area contributed by atoms with E-state index in [0.717, 1.165) is 16.3 Å². The molecule has 3 heteroatoms. The topological polar surface area (TPSA) is 42.4 Å². The van der Waals surface area contributed by atoms with Gasteiger partial charge < -0.3 is 9.84 Å². The van der Waals surface area contributed by atoms with Gasteiger partial charge in [0.25, 0.3) is 0 Å². The van der Waals surface area contributed by atoms with E-state index in [-0.39, 0.29) is 0 Å². The smallest absolute Gasteiger partial charge is 0.0818 e. The standard InChI is InChI=1S/C13H15NO2/c1-16-8-6-13(15)12-4-2-3-10-9-14-7-5-11(10)12/h2-5,7,9,13,15H,6,8H2,1H3. The van der Waals surface area contributed by atoms with E-state index in [9.17, 15) is 5.11 Å². The summed E-state index contributed by atoms with van der Waals surface area (Å²) in [5.41, 5.74) is 0.942. The van der Waals surface area contributed by atoms with E-state index in [0.29, 0.717) is 13.0 Å². The number of pyridine rings is 1. The summed E-state index contributed by atoms with van der Waals surface area (Å²) >= 11 is 0. The second-order valence-corrected chi connectivity index (χ2v) is 3.74. The Balaban J connectivity index is 2.36. The van der Waals surface area contributed by atoms with E-state index in [2.05, 4.69) is 4.98 Å². The highest BCUT2D eigenvalue weighted by Gasteiger charge is 2.10. The fraction of sp³-hybridized carbons (Fsp3) is 0.308. The first-order chi connectivity index (χ1) is 7.83. The molecule has 0 bridgehead atoms. The van der Waals surface area contributed by atoms with Gasteiger partial charge in [0.05, 0.1) is 6.10 Å². The maximum atomic E-state index is 10.0. The number of methoxy groups -OCH3 is 1. The lowest BCUT2D eigenvalue weighted by Gasteiger charge is -2.12. The molecule has 1 aromatic heterocycles. The lowest BCUT2D eigenvalue weighted by atomic mass is 10.0. The molecule has 0 saturated heterocycles. The highest BCUT2D eigenvalue weighted by molar-refractivity contribution is 5.85. The van der Waals surface area contributed by atoms with E-state index in [4.69, 9.17) is 4.74 Å². The van der Waals surface area contributed by atoms with Crippen LogP contribution < -0.4 is 0 Å². The van der Waals surface area contributed by atoms with E-state index in [1.807, 2.05) is 30.5 Å². The highest BCUT2D eigenvalue weighted by Crippen LogP contribution is 2.25. The fourth-order valence-electron chi connectivity index (χ4n) is 1.82. The highest BCUT2D eigenvalue weighted by atomic mass is 16.5. The summed E-state index contributed by atoms with van der Waals surface area (Å²) in [5.74, 6) is 0. The Bertz CT molecular complexity index is 465. The molecular weight excluding hydrogens is 202 g/mol. The van der Waals surface area contributed by atoms with Gasteiger partial charge in [-0.15, -0.1) is 0 Å². The molecule has 1 atom stereocenters. The number of nitrogens with zero attached hydrogens (tertiary/aromatic N) is 1. The van der Waals surface area contributed by atoms with Gasteiger partial charge in [-0.05, 0) is 17.0 Å². The molecule has 0 radical (unpaired) electrons. The molecule has 0 aliphatic heterocycles. The van der Waals surface area contributed by atoms with Gasteiger partial charge in [-0.25, -0.2) is 0 Å². The van der Waals surface area contributed by atoms with Crippen molar-refractivity contribution in [1.29, 1.82) is 0 Å². The van der Waals surface area contributed by atoms with E-state index < -0.39 is 6.10 Å². The Morgan fingerprint density at radius 2 is 2.25 bits per heavy atom. The molecule has 2 aromatic rings. The summed E-state index contributed by atoms with van der Waals surface area (Å²) in [6, 6.07) is 7.81. The van der Waals surface area contributed by atoms with Crippen LogP contribution in [0, 0.1) is 0 Å². The van der Waals surface area contributed by atoms with Crippen LogP contribution in [0.15, 0.2) is 36.7 Å². The summed E-state index contributed by atoms with van der Waals surface area (Å²) in [6.45, 7) is 0.558. The van der Waals surface area contributed by atoms with E-state index >= 15 is 0 Å². The molecule has 0 saturated carbocycles. The van der Waals surface area contributed by atoms with Gasteiger partial charge in [0.1, 0.15) is 0 Å². The first-order valence-corrected chi connectivity index (χ1v) is 5.32. The summed E-state index contributed by atoms with van der Waals surface area (Å²) < 4.78 is 4.97. The number of hydrogen-bond acceptors (Lipinski definition) is 3. The molecule has 0 fully saturated rings. The number of aliphatic hydroxyl groups excluding tert-OH is 1. The molecule has 1 N–H and O–H groups in total. The average molecular weight is 217 g/mol. The summed E-state index contributed by atoms with van der Waals surface area (Å²) in [6.07, 6.45) is 3.68. The normalized spacial score (nSPS) is 12.9. The van der Waals surface area contributed by atoms with Gasteiger partial charge in [-0.3, -0.25) is 4.98 Å². The summed E-state index contributed by atoms with van der Waals surface area (Å²) in [7, 11) is 1.64. The van der Waals surface area contributed by atoms with Crippen LogP contribution in [0.1, 0.15) is 18.1 Å². The third kappa shape index (κ3) is 2.21. The second kappa shape index (κ2) is 5.05. The molecule has 0 aliphatic rings. The Hall–Kier alpha value is -1.45. The molecule has 1 heterocycles.